The number of nitrogens with zero attached hydrogens (tertiary/aromatic N) is 3. The molecule has 1 aromatic heterocycles. The second-order valence-electron chi connectivity index (χ2n) is 3.75. The molecule has 1 saturated heterocycles. The minimum absolute atomic E-state index is 0.212. The lowest BCUT2D eigenvalue weighted by atomic mass is 10.4. The standard InChI is InChI=1S/C9H12ClN3O2S/c1-7-5-8(10)12-9(11-7)6-13-3-2-4-16(13,14)15/h5H,2-4,6H2,1H3. The van der Waals surface area contributed by atoms with Crippen LogP contribution >= 0.6 is 11.6 Å². The molecule has 5 nitrogen and oxygen atoms in total. The quantitative estimate of drug-likeness (QED) is 0.745. The Morgan fingerprint density at radius 2 is 2.25 bits per heavy atom. The maximum atomic E-state index is 11.6. The predicted molar refractivity (Wildman–Crippen MR) is 60.6 cm³/mol. The monoisotopic (exact) mass is 261 g/mol. The molecule has 0 aliphatic carbocycles. The third-order valence-electron chi connectivity index (χ3n) is 2.39. The molecular weight excluding hydrogens is 250 g/mol. The lowest BCUT2D eigenvalue weighted by Crippen LogP contribution is -2.26. The first-order valence-corrected chi connectivity index (χ1v) is 6.94. The van der Waals surface area contributed by atoms with Crippen molar-refractivity contribution in [2.45, 2.75) is 19.9 Å². The van der Waals surface area contributed by atoms with Crippen molar-refractivity contribution in [1.29, 1.82) is 0 Å². The van der Waals surface area contributed by atoms with Gasteiger partial charge in [-0.15, -0.1) is 0 Å². The average Bonchev–Trinajstić information content (AvgIpc) is 2.44. The van der Waals surface area contributed by atoms with Crippen molar-refractivity contribution in [3.63, 3.8) is 0 Å². The van der Waals surface area contributed by atoms with Crippen LogP contribution in [0.2, 0.25) is 5.15 Å². The van der Waals surface area contributed by atoms with Crippen LogP contribution in [0, 0.1) is 6.92 Å². The van der Waals surface area contributed by atoms with Gasteiger partial charge in [-0.3, -0.25) is 0 Å². The lowest BCUT2D eigenvalue weighted by molar-refractivity contribution is 0.428. The fourth-order valence-corrected chi connectivity index (χ4v) is 3.41. The first kappa shape index (κ1) is 11.8. The van der Waals surface area contributed by atoms with E-state index >= 15 is 0 Å². The molecule has 1 aliphatic heterocycles. The number of hydrogen-bond donors (Lipinski definition) is 0. The fraction of sp³-hybridized carbons (Fsp3) is 0.556. The molecule has 2 rings (SSSR count). The fourth-order valence-electron chi connectivity index (χ4n) is 1.69. The van der Waals surface area contributed by atoms with E-state index in [2.05, 4.69) is 9.97 Å². The summed E-state index contributed by atoms with van der Waals surface area (Å²) in [6.07, 6.45) is 0.669. The van der Waals surface area contributed by atoms with Crippen molar-refractivity contribution in [1.82, 2.24) is 14.3 Å². The number of sulfonamides is 1. The Bertz CT molecular complexity index is 483. The summed E-state index contributed by atoms with van der Waals surface area (Å²) >= 11 is 5.79. The zero-order valence-corrected chi connectivity index (χ0v) is 10.4. The van der Waals surface area contributed by atoms with Crippen LogP contribution in [0.3, 0.4) is 0 Å². The van der Waals surface area contributed by atoms with Gasteiger partial charge < -0.3 is 0 Å². The van der Waals surface area contributed by atoms with Crippen LogP contribution < -0.4 is 0 Å². The minimum atomic E-state index is -3.10. The minimum Gasteiger partial charge on any atom is -0.237 e. The van der Waals surface area contributed by atoms with Gasteiger partial charge in [0.05, 0.1) is 12.3 Å². The van der Waals surface area contributed by atoms with E-state index < -0.39 is 10.0 Å². The molecule has 0 saturated carbocycles. The van der Waals surface area contributed by atoms with Gasteiger partial charge in [0.15, 0.2) is 0 Å². The molecule has 1 aromatic rings. The highest BCUT2D eigenvalue weighted by Crippen LogP contribution is 2.16. The highest BCUT2D eigenvalue weighted by atomic mass is 35.5. The molecule has 16 heavy (non-hydrogen) atoms. The Kier molecular flexibility index (Phi) is 3.14. The number of rotatable bonds is 2. The van der Waals surface area contributed by atoms with E-state index in [-0.39, 0.29) is 12.3 Å². The van der Waals surface area contributed by atoms with Gasteiger partial charge in [-0.25, -0.2) is 18.4 Å². The van der Waals surface area contributed by atoms with Gasteiger partial charge in [-0.2, -0.15) is 4.31 Å². The molecule has 0 N–H and O–H groups in total. The summed E-state index contributed by atoms with van der Waals surface area (Å²) in [5, 5.41) is 0.346. The molecular formula is C9H12ClN3O2S. The van der Waals surface area contributed by atoms with Crippen LogP contribution in [0.4, 0.5) is 0 Å². The van der Waals surface area contributed by atoms with Crippen molar-refractivity contribution in [2.75, 3.05) is 12.3 Å². The SMILES string of the molecule is Cc1cc(Cl)nc(CN2CCCS2(=O)=O)n1. The Balaban J connectivity index is 2.21. The molecule has 1 fully saturated rings. The molecule has 0 unspecified atom stereocenters. The number of hydrogen-bond acceptors (Lipinski definition) is 4. The van der Waals surface area contributed by atoms with E-state index in [1.807, 2.05) is 0 Å². The lowest BCUT2D eigenvalue weighted by Gasteiger charge is -2.13. The van der Waals surface area contributed by atoms with Gasteiger partial charge >= 0.3 is 0 Å². The maximum Gasteiger partial charge on any atom is 0.214 e. The third kappa shape index (κ3) is 2.50. The molecule has 0 aromatic carbocycles. The molecule has 0 atom stereocenters. The maximum absolute atomic E-state index is 11.6. The van der Waals surface area contributed by atoms with Gasteiger partial charge in [0, 0.05) is 12.2 Å². The largest absolute Gasteiger partial charge is 0.237 e. The molecule has 1 aliphatic rings. The van der Waals surface area contributed by atoms with Gasteiger partial charge in [0.1, 0.15) is 11.0 Å². The van der Waals surface area contributed by atoms with E-state index in [1.54, 1.807) is 13.0 Å². The molecule has 0 bridgehead atoms. The summed E-state index contributed by atoms with van der Waals surface area (Å²) in [6, 6.07) is 1.64. The van der Waals surface area contributed by atoms with Crippen LogP contribution in [0.15, 0.2) is 6.07 Å². The van der Waals surface area contributed by atoms with E-state index in [1.165, 1.54) is 4.31 Å². The van der Waals surface area contributed by atoms with Crippen molar-refractivity contribution in [3.05, 3.63) is 22.7 Å². The topological polar surface area (TPSA) is 63.2 Å². The van der Waals surface area contributed by atoms with Gasteiger partial charge in [-0.1, -0.05) is 11.6 Å². The van der Waals surface area contributed by atoms with Crippen LogP contribution in [-0.2, 0) is 16.6 Å². The summed E-state index contributed by atoms with van der Waals surface area (Å²) in [6.45, 7) is 2.55. The van der Waals surface area contributed by atoms with Crippen molar-refractivity contribution in [2.24, 2.45) is 0 Å². The van der Waals surface area contributed by atoms with E-state index in [9.17, 15) is 8.42 Å². The van der Waals surface area contributed by atoms with Crippen molar-refractivity contribution in [3.8, 4) is 0 Å². The van der Waals surface area contributed by atoms with E-state index in [0.29, 0.717) is 23.9 Å². The molecule has 0 amide bonds. The summed E-state index contributed by atoms with van der Waals surface area (Å²) in [4.78, 5) is 8.17. The molecule has 88 valence electrons. The van der Waals surface area contributed by atoms with Gasteiger partial charge in [0.2, 0.25) is 10.0 Å². The molecule has 7 heteroatoms. The van der Waals surface area contributed by atoms with Crippen LogP contribution in [-0.4, -0.2) is 35.0 Å². The second-order valence-corrected chi connectivity index (χ2v) is 6.23. The van der Waals surface area contributed by atoms with Gasteiger partial charge in [-0.05, 0) is 19.4 Å². The smallest absolute Gasteiger partial charge is 0.214 e. The number of aryl methyl sites for hydroxylation is 1. The van der Waals surface area contributed by atoms with Crippen LogP contribution in [0.5, 0.6) is 0 Å². The Labute approximate surface area is 99.5 Å². The molecule has 2 heterocycles. The predicted octanol–water partition coefficient (Wildman–Crippen LogP) is 0.974. The molecule has 0 radical (unpaired) electrons. The summed E-state index contributed by atoms with van der Waals surface area (Å²) in [7, 11) is -3.10. The normalized spacial score (nSPS) is 20.1. The van der Waals surface area contributed by atoms with Crippen LogP contribution in [0.1, 0.15) is 17.9 Å². The Hall–Kier alpha value is -0.720. The van der Waals surface area contributed by atoms with Gasteiger partial charge in [0.25, 0.3) is 0 Å². The third-order valence-corrected chi connectivity index (χ3v) is 4.49. The van der Waals surface area contributed by atoms with E-state index in [0.717, 1.165) is 5.69 Å². The summed E-state index contributed by atoms with van der Waals surface area (Å²) < 4.78 is 24.5. The highest BCUT2D eigenvalue weighted by Gasteiger charge is 2.28. The first-order chi connectivity index (χ1) is 7.47. The van der Waals surface area contributed by atoms with Crippen molar-refractivity contribution < 1.29 is 8.42 Å². The zero-order valence-electron chi connectivity index (χ0n) is 8.85. The zero-order chi connectivity index (χ0) is 11.8. The first-order valence-electron chi connectivity index (χ1n) is 4.95. The summed E-state index contributed by atoms with van der Waals surface area (Å²) in [5.41, 5.74) is 0.742. The Morgan fingerprint density at radius 3 is 2.81 bits per heavy atom. The van der Waals surface area contributed by atoms with Crippen molar-refractivity contribution >= 4 is 21.6 Å². The van der Waals surface area contributed by atoms with E-state index in [4.69, 9.17) is 11.6 Å². The highest BCUT2D eigenvalue weighted by molar-refractivity contribution is 7.89. The van der Waals surface area contributed by atoms with Crippen LogP contribution in [0.25, 0.3) is 0 Å². The molecule has 0 spiro atoms. The number of halogens is 1. The number of aromatic nitrogens is 2. The second kappa shape index (κ2) is 4.27. The Morgan fingerprint density at radius 1 is 1.50 bits per heavy atom. The summed E-state index contributed by atoms with van der Waals surface area (Å²) in [5.74, 6) is 0.669. The average molecular weight is 262 g/mol.